The monoisotopic (exact) mass is 427 g/mol. The molecule has 7 heteroatoms. The van der Waals surface area contributed by atoms with E-state index in [0.29, 0.717) is 36.0 Å². The van der Waals surface area contributed by atoms with E-state index in [0.717, 1.165) is 11.1 Å². The van der Waals surface area contributed by atoms with Crippen molar-refractivity contribution in [2.24, 2.45) is 0 Å². The lowest BCUT2D eigenvalue weighted by Crippen LogP contribution is -2.21. The second-order valence-electron chi connectivity index (χ2n) is 6.98. The van der Waals surface area contributed by atoms with Gasteiger partial charge in [-0.25, -0.2) is 0 Å². The van der Waals surface area contributed by atoms with E-state index >= 15 is 0 Å². The highest BCUT2D eigenvalue weighted by Gasteiger charge is 2.14. The Kier molecular flexibility index (Phi) is 9.06. The van der Waals surface area contributed by atoms with E-state index < -0.39 is 18.5 Å². The first kappa shape index (κ1) is 23.9. The first-order valence-corrected chi connectivity index (χ1v) is 10.3. The lowest BCUT2D eigenvalue weighted by Gasteiger charge is -2.13. The van der Waals surface area contributed by atoms with Gasteiger partial charge in [0.15, 0.2) is 23.9 Å². The number of Topliss-reactive ketones (excluding diaryl/α,β-unsaturated/α-hetero) is 1. The fourth-order valence-corrected chi connectivity index (χ4v) is 2.93. The van der Waals surface area contributed by atoms with Crippen LogP contribution in [0, 0.1) is 13.8 Å². The van der Waals surface area contributed by atoms with E-state index in [1.807, 2.05) is 45.9 Å². The van der Waals surface area contributed by atoms with Crippen molar-refractivity contribution in [1.82, 2.24) is 0 Å². The number of hydrogen-bond donors (Lipinski definition) is 1. The Labute approximate surface area is 182 Å². The van der Waals surface area contributed by atoms with Gasteiger partial charge in [0.1, 0.15) is 0 Å². The van der Waals surface area contributed by atoms with E-state index in [2.05, 4.69) is 5.32 Å². The average molecular weight is 427 g/mol. The molecule has 7 nitrogen and oxygen atoms in total. The van der Waals surface area contributed by atoms with E-state index in [1.54, 1.807) is 18.2 Å². The van der Waals surface area contributed by atoms with Crippen LogP contribution in [-0.4, -0.2) is 37.5 Å². The van der Waals surface area contributed by atoms with Gasteiger partial charge < -0.3 is 19.5 Å². The first-order valence-electron chi connectivity index (χ1n) is 10.3. The van der Waals surface area contributed by atoms with Crippen LogP contribution >= 0.6 is 0 Å². The zero-order valence-corrected chi connectivity index (χ0v) is 18.4. The maximum Gasteiger partial charge on any atom is 0.306 e. The number of esters is 1. The van der Waals surface area contributed by atoms with Crippen LogP contribution in [0.3, 0.4) is 0 Å². The number of carbonyl (C=O) groups is 3. The standard InChI is InChI=1S/C24H29NO6/c1-5-29-21-11-9-18(14-22(21)30-6-2)25-23(27)15-31-24(28)12-10-20(26)19-13-16(3)7-8-17(19)4/h7-9,11,13-14H,5-6,10,12,15H2,1-4H3,(H,25,27). The summed E-state index contributed by atoms with van der Waals surface area (Å²) in [5.41, 5.74) is 2.95. The molecule has 0 saturated carbocycles. The molecule has 1 amide bonds. The minimum atomic E-state index is -0.601. The summed E-state index contributed by atoms with van der Waals surface area (Å²) in [6.07, 6.45) is -0.0572. The Morgan fingerprint density at radius 3 is 2.29 bits per heavy atom. The molecule has 2 rings (SSSR count). The summed E-state index contributed by atoms with van der Waals surface area (Å²) in [6, 6.07) is 10.6. The summed E-state index contributed by atoms with van der Waals surface area (Å²) in [5.74, 6) is -0.108. The number of amides is 1. The Bertz CT molecular complexity index is 938. The molecule has 0 saturated heterocycles. The molecule has 2 aromatic carbocycles. The molecule has 0 fully saturated rings. The molecule has 0 aliphatic heterocycles. The maximum atomic E-state index is 12.4. The largest absolute Gasteiger partial charge is 0.490 e. The van der Waals surface area contributed by atoms with Crippen LogP contribution in [0.25, 0.3) is 0 Å². The van der Waals surface area contributed by atoms with Crippen LogP contribution in [0.1, 0.15) is 48.2 Å². The molecule has 2 aromatic rings. The van der Waals surface area contributed by atoms with Crippen LogP contribution in [0.15, 0.2) is 36.4 Å². The Morgan fingerprint density at radius 1 is 0.871 bits per heavy atom. The SMILES string of the molecule is CCOc1ccc(NC(=O)COC(=O)CCC(=O)c2cc(C)ccc2C)cc1OCC. The van der Waals surface area contributed by atoms with Crippen molar-refractivity contribution in [3.8, 4) is 11.5 Å². The first-order chi connectivity index (χ1) is 14.8. The van der Waals surface area contributed by atoms with Crippen molar-refractivity contribution < 1.29 is 28.6 Å². The molecule has 0 bridgehead atoms. The lowest BCUT2D eigenvalue weighted by atomic mass is 9.99. The van der Waals surface area contributed by atoms with Gasteiger partial charge in [-0.1, -0.05) is 17.7 Å². The third kappa shape index (κ3) is 7.44. The van der Waals surface area contributed by atoms with Gasteiger partial charge in [0, 0.05) is 23.7 Å². The molecule has 166 valence electrons. The molecule has 1 N–H and O–H groups in total. The highest BCUT2D eigenvalue weighted by Crippen LogP contribution is 2.30. The topological polar surface area (TPSA) is 90.9 Å². The number of benzene rings is 2. The van der Waals surface area contributed by atoms with E-state index in [4.69, 9.17) is 14.2 Å². The van der Waals surface area contributed by atoms with E-state index in [1.165, 1.54) is 0 Å². The minimum absolute atomic E-state index is 0.0291. The number of ketones is 1. The normalized spacial score (nSPS) is 10.3. The molecule has 0 heterocycles. The fraction of sp³-hybridized carbons (Fsp3) is 0.375. The fourth-order valence-electron chi connectivity index (χ4n) is 2.93. The summed E-state index contributed by atoms with van der Waals surface area (Å²) in [4.78, 5) is 36.4. The van der Waals surface area contributed by atoms with Crippen molar-refractivity contribution in [2.75, 3.05) is 25.1 Å². The van der Waals surface area contributed by atoms with E-state index in [9.17, 15) is 14.4 Å². The van der Waals surface area contributed by atoms with Crippen molar-refractivity contribution in [2.45, 2.75) is 40.5 Å². The quantitative estimate of drug-likeness (QED) is 0.426. The van der Waals surface area contributed by atoms with Gasteiger partial charge in [-0.05, 0) is 51.5 Å². The van der Waals surface area contributed by atoms with Gasteiger partial charge in [-0.2, -0.15) is 0 Å². The van der Waals surface area contributed by atoms with Gasteiger partial charge in [0.2, 0.25) is 0 Å². The minimum Gasteiger partial charge on any atom is -0.490 e. The van der Waals surface area contributed by atoms with Crippen LogP contribution in [0.4, 0.5) is 5.69 Å². The summed E-state index contributed by atoms with van der Waals surface area (Å²) < 4.78 is 16.0. The van der Waals surface area contributed by atoms with Crippen LogP contribution < -0.4 is 14.8 Å². The van der Waals surface area contributed by atoms with Crippen molar-refractivity contribution in [3.63, 3.8) is 0 Å². The number of anilines is 1. The highest BCUT2D eigenvalue weighted by atomic mass is 16.5. The average Bonchev–Trinajstić information content (AvgIpc) is 2.74. The third-order valence-electron chi connectivity index (χ3n) is 4.44. The smallest absolute Gasteiger partial charge is 0.306 e. The van der Waals surface area contributed by atoms with Crippen molar-refractivity contribution in [1.29, 1.82) is 0 Å². The molecular weight excluding hydrogens is 398 g/mol. The van der Waals surface area contributed by atoms with Gasteiger partial charge in [-0.3, -0.25) is 14.4 Å². The predicted octanol–water partition coefficient (Wildman–Crippen LogP) is 4.25. The summed E-state index contributed by atoms with van der Waals surface area (Å²) in [7, 11) is 0. The predicted molar refractivity (Wildman–Crippen MR) is 118 cm³/mol. The molecular formula is C24H29NO6. The zero-order chi connectivity index (χ0) is 22.8. The zero-order valence-electron chi connectivity index (χ0n) is 18.4. The Morgan fingerprint density at radius 2 is 1.58 bits per heavy atom. The van der Waals surface area contributed by atoms with Crippen LogP contribution in [0.5, 0.6) is 11.5 Å². The molecule has 0 aliphatic rings. The second kappa shape index (κ2) is 11.7. The molecule has 0 atom stereocenters. The van der Waals surface area contributed by atoms with Crippen LogP contribution in [-0.2, 0) is 14.3 Å². The van der Waals surface area contributed by atoms with Crippen molar-refractivity contribution >= 4 is 23.3 Å². The number of hydrogen-bond acceptors (Lipinski definition) is 6. The number of aryl methyl sites for hydroxylation is 2. The third-order valence-corrected chi connectivity index (χ3v) is 4.44. The number of rotatable bonds is 11. The van der Waals surface area contributed by atoms with Gasteiger partial charge in [0.05, 0.1) is 19.6 Å². The lowest BCUT2D eigenvalue weighted by molar-refractivity contribution is -0.147. The number of carbonyl (C=O) groups excluding carboxylic acids is 3. The molecule has 0 spiro atoms. The summed E-state index contributed by atoms with van der Waals surface area (Å²) >= 11 is 0. The van der Waals surface area contributed by atoms with Gasteiger partial charge in [0.25, 0.3) is 5.91 Å². The molecule has 0 unspecified atom stereocenters. The van der Waals surface area contributed by atoms with E-state index in [-0.39, 0.29) is 18.6 Å². The van der Waals surface area contributed by atoms with Crippen LogP contribution in [0.2, 0.25) is 0 Å². The summed E-state index contributed by atoms with van der Waals surface area (Å²) in [5, 5.41) is 2.65. The Balaban J connectivity index is 1.83. The molecule has 31 heavy (non-hydrogen) atoms. The maximum absolute atomic E-state index is 12.4. The highest BCUT2D eigenvalue weighted by molar-refractivity contribution is 5.99. The Hall–Kier alpha value is -3.35. The number of nitrogens with one attached hydrogen (secondary N) is 1. The second-order valence-corrected chi connectivity index (χ2v) is 6.98. The van der Waals surface area contributed by atoms with Crippen molar-refractivity contribution in [3.05, 3.63) is 53.1 Å². The molecule has 0 aliphatic carbocycles. The summed E-state index contributed by atoms with van der Waals surface area (Å²) in [6.45, 7) is 8.00. The number of ether oxygens (including phenoxy) is 3. The molecule has 0 radical (unpaired) electrons. The molecule has 0 aromatic heterocycles. The van der Waals surface area contributed by atoms with Gasteiger partial charge in [-0.15, -0.1) is 0 Å². The van der Waals surface area contributed by atoms with Gasteiger partial charge >= 0.3 is 5.97 Å².